The molecule has 1 unspecified atom stereocenters. The highest BCUT2D eigenvalue weighted by atomic mass is 32.2. The number of hydrogen-bond acceptors (Lipinski definition) is 4. The molecule has 1 atom stereocenters. The Morgan fingerprint density at radius 2 is 2.06 bits per heavy atom. The van der Waals surface area contributed by atoms with Gasteiger partial charge in [0, 0.05) is 25.7 Å². The van der Waals surface area contributed by atoms with Gasteiger partial charge in [-0.3, -0.25) is 0 Å². The second-order valence-electron chi connectivity index (χ2n) is 4.71. The molecule has 1 fully saturated rings. The van der Waals surface area contributed by atoms with Crippen LogP contribution in [0.25, 0.3) is 0 Å². The summed E-state index contributed by atoms with van der Waals surface area (Å²) in [6.45, 7) is 5.06. The molecule has 0 aliphatic carbocycles. The fourth-order valence-corrected chi connectivity index (χ4v) is 4.04. The van der Waals surface area contributed by atoms with Crippen LogP contribution in [0.5, 0.6) is 0 Å². The lowest BCUT2D eigenvalue weighted by Crippen LogP contribution is -2.45. The van der Waals surface area contributed by atoms with Gasteiger partial charge in [0.1, 0.15) is 0 Å². The molecule has 0 spiro atoms. The normalized spacial score (nSPS) is 24.8. The minimum Gasteiger partial charge on any atom is -0.319 e. The summed E-state index contributed by atoms with van der Waals surface area (Å²) < 4.78 is 26.2. The Balaban J connectivity index is 2.77. The van der Waals surface area contributed by atoms with Crippen molar-refractivity contribution >= 4 is 10.0 Å². The lowest BCUT2D eigenvalue weighted by Gasteiger charge is -2.29. The highest BCUT2D eigenvalue weighted by Gasteiger charge is 2.30. The number of rotatable bonds is 5. The number of sulfonamides is 1. The quantitative estimate of drug-likeness (QED) is 0.756. The minimum atomic E-state index is -3.11. The fourth-order valence-electron chi connectivity index (χ4n) is 2.27. The van der Waals surface area contributed by atoms with Gasteiger partial charge in [-0.25, -0.2) is 8.42 Å². The van der Waals surface area contributed by atoms with E-state index in [1.54, 1.807) is 11.4 Å². The largest absolute Gasteiger partial charge is 0.319 e. The third-order valence-corrected chi connectivity index (χ3v) is 5.20. The number of hydrogen-bond donors (Lipinski definition) is 1. The first kappa shape index (κ1) is 14.9. The average molecular weight is 263 g/mol. The molecule has 1 aliphatic heterocycles. The van der Waals surface area contributed by atoms with Crippen LogP contribution < -0.4 is 5.32 Å². The van der Waals surface area contributed by atoms with Crippen molar-refractivity contribution in [2.75, 3.05) is 46.0 Å². The van der Waals surface area contributed by atoms with Crippen LogP contribution >= 0.6 is 0 Å². The summed E-state index contributed by atoms with van der Waals surface area (Å²) in [6.07, 6.45) is 1.80. The third-order valence-electron chi connectivity index (χ3n) is 3.29. The first-order chi connectivity index (χ1) is 8.01. The van der Waals surface area contributed by atoms with Crippen molar-refractivity contribution in [2.45, 2.75) is 25.8 Å². The lowest BCUT2D eigenvalue weighted by atomic mass is 10.2. The van der Waals surface area contributed by atoms with Crippen molar-refractivity contribution < 1.29 is 8.42 Å². The molecular weight excluding hydrogens is 238 g/mol. The Hall–Kier alpha value is -0.170. The van der Waals surface area contributed by atoms with Gasteiger partial charge in [-0.1, -0.05) is 6.92 Å². The average Bonchev–Trinajstić information content (AvgIpc) is 2.48. The van der Waals surface area contributed by atoms with Crippen molar-refractivity contribution in [3.63, 3.8) is 0 Å². The number of nitrogens with zero attached hydrogens (tertiary/aromatic N) is 2. The maximum Gasteiger partial charge on any atom is 0.215 e. The zero-order valence-electron chi connectivity index (χ0n) is 11.1. The Morgan fingerprint density at radius 1 is 1.35 bits per heavy atom. The topological polar surface area (TPSA) is 52.7 Å². The molecule has 0 amide bonds. The van der Waals surface area contributed by atoms with Crippen molar-refractivity contribution in [2.24, 2.45) is 0 Å². The Kier molecular flexibility index (Phi) is 5.85. The Labute approximate surface area is 105 Å². The molecule has 0 aromatic heterocycles. The molecule has 1 saturated heterocycles. The van der Waals surface area contributed by atoms with Crippen LogP contribution in [0.1, 0.15) is 19.8 Å². The van der Waals surface area contributed by atoms with Crippen LogP contribution in [0, 0.1) is 0 Å². The van der Waals surface area contributed by atoms with Crippen LogP contribution in [-0.4, -0.2) is 69.7 Å². The van der Waals surface area contributed by atoms with Gasteiger partial charge in [0.2, 0.25) is 10.0 Å². The minimum absolute atomic E-state index is 0.129. The zero-order valence-corrected chi connectivity index (χ0v) is 12.0. The van der Waals surface area contributed by atoms with Crippen molar-refractivity contribution in [3.8, 4) is 0 Å². The van der Waals surface area contributed by atoms with Gasteiger partial charge in [0.25, 0.3) is 0 Å². The Morgan fingerprint density at radius 3 is 2.65 bits per heavy atom. The molecule has 1 rings (SSSR count). The van der Waals surface area contributed by atoms with E-state index in [1.165, 1.54) is 0 Å². The molecule has 102 valence electrons. The molecule has 0 aromatic rings. The molecule has 1 heterocycles. The van der Waals surface area contributed by atoms with E-state index in [2.05, 4.69) is 24.2 Å². The molecule has 5 nitrogen and oxygen atoms in total. The predicted molar refractivity (Wildman–Crippen MR) is 70.6 cm³/mol. The first-order valence-electron chi connectivity index (χ1n) is 6.34. The highest BCUT2D eigenvalue weighted by molar-refractivity contribution is 7.89. The molecule has 0 aromatic carbocycles. The third kappa shape index (κ3) is 4.21. The smallest absolute Gasteiger partial charge is 0.215 e. The molecular formula is C11H25N3O2S. The van der Waals surface area contributed by atoms with E-state index >= 15 is 0 Å². The lowest BCUT2D eigenvalue weighted by molar-refractivity contribution is 0.270. The summed E-state index contributed by atoms with van der Waals surface area (Å²) in [5.41, 5.74) is 0. The molecule has 0 bridgehead atoms. The van der Waals surface area contributed by atoms with E-state index in [-0.39, 0.29) is 11.8 Å². The predicted octanol–water partition coefficient (Wildman–Crippen LogP) is -0.0483. The SMILES string of the molecule is CCC1CN(C)CCCN1S(=O)(=O)CCNC. The van der Waals surface area contributed by atoms with E-state index in [1.807, 2.05) is 0 Å². The van der Waals surface area contributed by atoms with Gasteiger partial charge in [0.05, 0.1) is 5.75 Å². The summed E-state index contributed by atoms with van der Waals surface area (Å²) >= 11 is 0. The van der Waals surface area contributed by atoms with Crippen molar-refractivity contribution in [1.82, 2.24) is 14.5 Å². The van der Waals surface area contributed by atoms with E-state index in [9.17, 15) is 8.42 Å². The Bertz CT molecular complexity index is 319. The first-order valence-corrected chi connectivity index (χ1v) is 7.95. The van der Waals surface area contributed by atoms with Gasteiger partial charge in [0.15, 0.2) is 0 Å². The van der Waals surface area contributed by atoms with Gasteiger partial charge < -0.3 is 10.2 Å². The highest BCUT2D eigenvalue weighted by Crippen LogP contribution is 2.16. The maximum absolute atomic E-state index is 12.2. The van der Waals surface area contributed by atoms with E-state index in [0.717, 1.165) is 25.9 Å². The molecule has 1 N–H and O–H groups in total. The number of likely N-dealkylation sites (N-methyl/N-ethyl adjacent to an activating group) is 1. The summed E-state index contributed by atoms with van der Waals surface area (Å²) in [5.74, 6) is 0.198. The van der Waals surface area contributed by atoms with Gasteiger partial charge >= 0.3 is 0 Å². The standard InChI is InChI=1S/C11H25N3O2S/c1-4-11-10-13(3)7-5-8-14(11)17(15,16)9-6-12-2/h11-12H,4-10H2,1-3H3. The van der Waals surface area contributed by atoms with E-state index in [0.29, 0.717) is 13.1 Å². The molecule has 0 radical (unpaired) electrons. The van der Waals surface area contributed by atoms with E-state index < -0.39 is 10.0 Å². The molecule has 6 heteroatoms. The zero-order chi connectivity index (χ0) is 12.9. The van der Waals surface area contributed by atoms with Crippen LogP contribution in [0.2, 0.25) is 0 Å². The maximum atomic E-state index is 12.2. The molecule has 0 saturated carbocycles. The number of nitrogens with one attached hydrogen (secondary N) is 1. The summed E-state index contributed by atoms with van der Waals surface area (Å²) in [4.78, 5) is 2.22. The fraction of sp³-hybridized carbons (Fsp3) is 1.00. The van der Waals surface area contributed by atoms with Crippen LogP contribution in [0.3, 0.4) is 0 Å². The summed E-state index contributed by atoms with van der Waals surface area (Å²) in [5, 5.41) is 2.90. The van der Waals surface area contributed by atoms with Crippen LogP contribution in [-0.2, 0) is 10.0 Å². The second-order valence-corrected chi connectivity index (χ2v) is 6.75. The van der Waals surface area contributed by atoms with Gasteiger partial charge in [-0.15, -0.1) is 0 Å². The van der Waals surface area contributed by atoms with Gasteiger partial charge in [-0.05, 0) is 33.5 Å². The van der Waals surface area contributed by atoms with Crippen LogP contribution in [0.4, 0.5) is 0 Å². The van der Waals surface area contributed by atoms with Crippen molar-refractivity contribution in [3.05, 3.63) is 0 Å². The van der Waals surface area contributed by atoms with E-state index in [4.69, 9.17) is 0 Å². The van der Waals surface area contributed by atoms with Crippen molar-refractivity contribution in [1.29, 1.82) is 0 Å². The molecule has 1 aliphatic rings. The summed E-state index contributed by atoms with van der Waals surface area (Å²) in [6, 6.07) is 0.129. The van der Waals surface area contributed by atoms with Crippen LogP contribution in [0.15, 0.2) is 0 Å². The monoisotopic (exact) mass is 263 g/mol. The summed E-state index contributed by atoms with van der Waals surface area (Å²) in [7, 11) is 0.733. The second kappa shape index (κ2) is 6.68. The van der Waals surface area contributed by atoms with Gasteiger partial charge in [-0.2, -0.15) is 4.31 Å². The molecule has 17 heavy (non-hydrogen) atoms.